The molecule has 0 saturated heterocycles. The molecule has 2 aromatic rings. The first-order chi connectivity index (χ1) is 10.0. The Hall–Kier alpha value is -1.94. The maximum atomic E-state index is 12.3. The largest absolute Gasteiger partial charge is 0.333 e. The highest BCUT2D eigenvalue weighted by Gasteiger charge is 2.13. The van der Waals surface area contributed by atoms with Gasteiger partial charge in [-0.2, -0.15) is 4.98 Å². The van der Waals surface area contributed by atoms with Gasteiger partial charge in [0.2, 0.25) is 0 Å². The van der Waals surface area contributed by atoms with Crippen LogP contribution in [0.15, 0.2) is 35.1 Å². The first-order valence-electron chi connectivity index (χ1n) is 7.29. The lowest BCUT2D eigenvalue weighted by atomic mass is 10.1. The first kappa shape index (κ1) is 15.4. The van der Waals surface area contributed by atoms with Crippen LogP contribution in [0.1, 0.15) is 17.9 Å². The molecular weight excluding hydrogens is 262 g/mol. The van der Waals surface area contributed by atoms with E-state index in [0.717, 1.165) is 36.6 Å². The molecule has 112 valence electrons. The molecule has 0 N–H and O–H groups in total. The van der Waals surface area contributed by atoms with Gasteiger partial charge < -0.3 is 9.47 Å². The van der Waals surface area contributed by atoms with Gasteiger partial charge >= 0.3 is 0 Å². The predicted molar refractivity (Wildman–Crippen MR) is 86.6 cm³/mol. The Morgan fingerprint density at radius 1 is 1.14 bits per heavy atom. The summed E-state index contributed by atoms with van der Waals surface area (Å²) >= 11 is 0. The van der Waals surface area contributed by atoms with E-state index in [2.05, 4.69) is 28.5 Å². The van der Waals surface area contributed by atoms with Crippen molar-refractivity contribution < 1.29 is 0 Å². The van der Waals surface area contributed by atoms with Crippen molar-refractivity contribution in [3.05, 3.63) is 52.2 Å². The summed E-state index contributed by atoms with van der Waals surface area (Å²) in [6.07, 6.45) is 1.04. The van der Waals surface area contributed by atoms with Crippen molar-refractivity contribution in [2.45, 2.75) is 26.8 Å². The van der Waals surface area contributed by atoms with Gasteiger partial charge in [0, 0.05) is 12.2 Å². The third kappa shape index (κ3) is 3.58. The van der Waals surface area contributed by atoms with E-state index in [4.69, 9.17) is 0 Å². The second-order valence-corrected chi connectivity index (χ2v) is 5.60. The first-order valence-corrected chi connectivity index (χ1v) is 7.29. The maximum Gasteiger partial charge on any atom is 0.281 e. The summed E-state index contributed by atoms with van der Waals surface area (Å²) in [6.45, 7) is 5.81. The quantitative estimate of drug-likeness (QED) is 0.847. The number of aromatic nitrogens is 2. The summed E-state index contributed by atoms with van der Waals surface area (Å²) in [5.74, 6) is 0.788. The van der Waals surface area contributed by atoms with E-state index in [9.17, 15) is 4.79 Å². The molecule has 0 amide bonds. The van der Waals surface area contributed by atoms with Gasteiger partial charge in [0.05, 0.1) is 5.56 Å². The molecule has 1 aromatic carbocycles. The minimum atomic E-state index is -0.139. The average Bonchev–Trinajstić information content (AvgIpc) is 2.43. The second kappa shape index (κ2) is 6.68. The van der Waals surface area contributed by atoms with Crippen molar-refractivity contribution in [1.82, 2.24) is 14.5 Å². The predicted octanol–water partition coefficient (Wildman–Crippen LogP) is 2.48. The van der Waals surface area contributed by atoms with Crippen LogP contribution in [-0.2, 0) is 6.54 Å². The molecule has 0 atom stereocenters. The van der Waals surface area contributed by atoms with E-state index in [1.54, 1.807) is 0 Å². The van der Waals surface area contributed by atoms with E-state index in [0.29, 0.717) is 5.56 Å². The molecule has 0 aliphatic rings. The van der Waals surface area contributed by atoms with Crippen LogP contribution in [0.5, 0.6) is 0 Å². The molecule has 0 aliphatic heterocycles. The number of benzene rings is 1. The average molecular weight is 285 g/mol. The molecule has 0 fully saturated rings. The third-order valence-corrected chi connectivity index (χ3v) is 3.68. The fourth-order valence-electron chi connectivity index (χ4n) is 2.61. The van der Waals surface area contributed by atoms with Gasteiger partial charge in [0.15, 0.2) is 0 Å². The standard InChI is InChI=1S/C17H23N3O/c1-13-16(15-9-6-5-7-10-15)17(21)18-14(2)20(13)12-8-11-19(3)4/h5-7,9-10H,8,11-12H2,1-4H3. The number of hydrogen-bond acceptors (Lipinski definition) is 3. The Bertz CT molecular complexity index is 660. The molecule has 4 heteroatoms. The van der Waals surface area contributed by atoms with Crippen LogP contribution >= 0.6 is 0 Å². The van der Waals surface area contributed by atoms with E-state index >= 15 is 0 Å². The van der Waals surface area contributed by atoms with Crippen molar-refractivity contribution >= 4 is 0 Å². The molecule has 0 bridgehead atoms. The summed E-state index contributed by atoms with van der Waals surface area (Å²) in [7, 11) is 4.14. The Kier molecular flexibility index (Phi) is 4.91. The zero-order valence-corrected chi connectivity index (χ0v) is 13.3. The molecule has 0 unspecified atom stereocenters. The van der Waals surface area contributed by atoms with E-state index in [1.807, 2.05) is 44.2 Å². The fourth-order valence-corrected chi connectivity index (χ4v) is 2.61. The van der Waals surface area contributed by atoms with Gasteiger partial charge in [0.1, 0.15) is 5.82 Å². The minimum absolute atomic E-state index is 0.139. The molecule has 0 radical (unpaired) electrons. The highest BCUT2D eigenvalue weighted by molar-refractivity contribution is 5.64. The van der Waals surface area contributed by atoms with Crippen LogP contribution in [-0.4, -0.2) is 35.1 Å². The third-order valence-electron chi connectivity index (χ3n) is 3.68. The molecule has 0 aliphatic carbocycles. The summed E-state index contributed by atoms with van der Waals surface area (Å²) in [4.78, 5) is 18.6. The van der Waals surface area contributed by atoms with Gasteiger partial charge in [-0.05, 0) is 46.5 Å². The summed E-state index contributed by atoms with van der Waals surface area (Å²) < 4.78 is 2.15. The summed E-state index contributed by atoms with van der Waals surface area (Å²) in [5.41, 5.74) is 2.51. The Labute approximate surface area is 126 Å². The molecule has 1 heterocycles. The van der Waals surface area contributed by atoms with E-state index < -0.39 is 0 Å². The molecular formula is C17H23N3O. The van der Waals surface area contributed by atoms with Gasteiger partial charge in [-0.25, -0.2) is 0 Å². The minimum Gasteiger partial charge on any atom is -0.333 e. The zero-order chi connectivity index (χ0) is 15.4. The topological polar surface area (TPSA) is 38.1 Å². The lowest BCUT2D eigenvalue weighted by Gasteiger charge is -2.18. The van der Waals surface area contributed by atoms with E-state index in [-0.39, 0.29) is 5.56 Å². The highest BCUT2D eigenvalue weighted by Crippen LogP contribution is 2.19. The summed E-state index contributed by atoms with van der Waals surface area (Å²) in [6, 6.07) is 9.78. The lowest BCUT2D eigenvalue weighted by molar-refractivity contribution is 0.383. The van der Waals surface area contributed by atoms with Gasteiger partial charge in [-0.3, -0.25) is 4.79 Å². The van der Waals surface area contributed by atoms with Gasteiger partial charge in [0.25, 0.3) is 5.56 Å². The SMILES string of the molecule is Cc1nc(=O)c(-c2ccccc2)c(C)n1CCCN(C)C. The Morgan fingerprint density at radius 3 is 2.43 bits per heavy atom. The van der Waals surface area contributed by atoms with Crippen LogP contribution in [0.25, 0.3) is 11.1 Å². The van der Waals surface area contributed by atoms with Crippen molar-refractivity contribution in [2.75, 3.05) is 20.6 Å². The zero-order valence-electron chi connectivity index (χ0n) is 13.3. The van der Waals surface area contributed by atoms with Crippen molar-refractivity contribution in [2.24, 2.45) is 0 Å². The van der Waals surface area contributed by atoms with Crippen molar-refractivity contribution in [3.63, 3.8) is 0 Å². The van der Waals surface area contributed by atoms with Crippen molar-refractivity contribution in [3.8, 4) is 11.1 Å². The van der Waals surface area contributed by atoms with Gasteiger partial charge in [-0.15, -0.1) is 0 Å². The van der Waals surface area contributed by atoms with Gasteiger partial charge in [-0.1, -0.05) is 30.3 Å². The number of rotatable bonds is 5. The molecule has 0 saturated carbocycles. The van der Waals surface area contributed by atoms with Crippen molar-refractivity contribution in [1.29, 1.82) is 0 Å². The molecule has 4 nitrogen and oxygen atoms in total. The van der Waals surface area contributed by atoms with Crippen LogP contribution in [0.3, 0.4) is 0 Å². The Balaban J connectivity index is 2.41. The Morgan fingerprint density at radius 2 is 1.81 bits per heavy atom. The smallest absolute Gasteiger partial charge is 0.281 e. The number of aryl methyl sites for hydroxylation is 1. The van der Waals surface area contributed by atoms with Crippen LogP contribution < -0.4 is 5.56 Å². The summed E-state index contributed by atoms with van der Waals surface area (Å²) in [5, 5.41) is 0. The van der Waals surface area contributed by atoms with Crippen LogP contribution in [0.2, 0.25) is 0 Å². The normalized spacial score (nSPS) is 11.1. The molecule has 1 aromatic heterocycles. The fraction of sp³-hybridized carbons (Fsp3) is 0.412. The molecule has 21 heavy (non-hydrogen) atoms. The monoisotopic (exact) mass is 285 g/mol. The maximum absolute atomic E-state index is 12.3. The van der Waals surface area contributed by atoms with Crippen LogP contribution in [0, 0.1) is 13.8 Å². The molecule has 2 rings (SSSR count). The lowest BCUT2D eigenvalue weighted by Crippen LogP contribution is -2.23. The highest BCUT2D eigenvalue weighted by atomic mass is 16.1. The number of hydrogen-bond donors (Lipinski definition) is 0. The molecule has 0 spiro atoms. The van der Waals surface area contributed by atoms with E-state index in [1.165, 1.54) is 0 Å². The second-order valence-electron chi connectivity index (χ2n) is 5.60. The van der Waals surface area contributed by atoms with Crippen LogP contribution in [0.4, 0.5) is 0 Å². The number of nitrogens with zero attached hydrogens (tertiary/aromatic N) is 3.